The second kappa shape index (κ2) is 10.0. The van der Waals surface area contributed by atoms with Crippen LogP contribution in [-0.4, -0.2) is 57.4 Å². The van der Waals surface area contributed by atoms with Gasteiger partial charge in [0.05, 0.1) is 39.3 Å². The van der Waals surface area contributed by atoms with Crippen LogP contribution in [0.25, 0.3) is 0 Å². The molecular formula is C18H30NO9P. The van der Waals surface area contributed by atoms with Crippen LogP contribution >= 0.6 is 7.82 Å². The van der Waals surface area contributed by atoms with E-state index >= 15 is 0 Å². The molecule has 166 valence electrons. The topological polar surface area (TPSA) is 126 Å². The lowest BCUT2D eigenvalue weighted by molar-refractivity contribution is -0.154. The molecule has 1 saturated carbocycles. The highest BCUT2D eigenvalue weighted by molar-refractivity contribution is 7.48. The molecule has 2 rings (SSSR count). The highest BCUT2D eigenvalue weighted by Crippen LogP contribution is 2.59. The third kappa shape index (κ3) is 6.25. The largest absolute Gasteiger partial charge is 0.475 e. The smallest absolute Gasteiger partial charge is 0.469 e. The highest BCUT2D eigenvalue weighted by Gasteiger charge is 2.51. The van der Waals surface area contributed by atoms with Crippen molar-refractivity contribution in [2.24, 2.45) is 11.3 Å². The number of nitrogens with one attached hydrogen (secondary N) is 1. The maximum absolute atomic E-state index is 13.1. The van der Waals surface area contributed by atoms with E-state index in [-0.39, 0.29) is 19.6 Å². The number of ether oxygens (including phenoxy) is 2. The maximum Gasteiger partial charge on any atom is 0.475 e. The van der Waals surface area contributed by atoms with Crippen LogP contribution in [0.1, 0.15) is 46.0 Å². The summed E-state index contributed by atoms with van der Waals surface area (Å²) in [5, 5.41) is 2.58. The second-order valence-electron chi connectivity index (χ2n) is 7.87. The Morgan fingerprint density at radius 3 is 2.48 bits per heavy atom. The molecule has 10 nitrogen and oxygen atoms in total. The van der Waals surface area contributed by atoms with Crippen molar-refractivity contribution in [3.63, 3.8) is 0 Å². The van der Waals surface area contributed by atoms with Gasteiger partial charge < -0.3 is 14.8 Å². The second-order valence-corrected chi connectivity index (χ2v) is 9.44. The fourth-order valence-corrected chi connectivity index (χ4v) is 5.26. The minimum Gasteiger partial charge on any atom is -0.469 e. The lowest BCUT2D eigenvalue weighted by atomic mass is 9.87. The van der Waals surface area contributed by atoms with Gasteiger partial charge in [0.1, 0.15) is 0 Å². The summed E-state index contributed by atoms with van der Waals surface area (Å²) in [5.74, 6) is -1.98. The Balaban J connectivity index is 2.05. The Hall–Kier alpha value is -1.48. The zero-order valence-corrected chi connectivity index (χ0v) is 18.2. The molecule has 1 amide bonds. The molecule has 1 saturated heterocycles. The molecule has 0 aromatic rings. The van der Waals surface area contributed by atoms with Crippen molar-refractivity contribution in [2.45, 2.75) is 58.2 Å². The van der Waals surface area contributed by atoms with E-state index in [2.05, 4.69) is 10.1 Å². The van der Waals surface area contributed by atoms with Crippen LogP contribution in [-0.2, 0) is 42.0 Å². The van der Waals surface area contributed by atoms with E-state index in [0.29, 0.717) is 12.8 Å². The fourth-order valence-electron chi connectivity index (χ4n) is 3.37. The number of esters is 2. The van der Waals surface area contributed by atoms with Gasteiger partial charge in [0, 0.05) is 12.0 Å². The molecule has 11 heteroatoms. The summed E-state index contributed by atoms with van der Waals surface area (Å²) in [5.41, 5.74) is -0.777. The summed E-state index contributed by atoms with van der Waals surface area (Å²) >= 11 is 0. The summed E-state index contributed by atoms with van der Waals surface area (Å²) in [6, 6.07) is 0. The van der Waals surface area contributed by atoms with Crippen LogP contribution in [0.5, 0.6) is 0 Å². The van der Waals surface area contributed by atoms with E-state index in [0.717, 1.165) is 12.8 Å². The van der Waals surface area contributed by atoms with Crippen LogP contribution in [0.4, 0.5) is 0 Å². The third-order valence-electron chi connectivity index (χ3n) is 5.10. The van der Waals surface area contributed by atoms with Crippen molar-refractivity contribution in [2.75, 3.05) is 27.4 Å². The molecule has 1 aliphatic heterocycles. The van der Waals surface area contributed by atoms with Gasteiger partial charge in [-0.1, -0.05) is 26.7 Å². The SMILES string of the molecule is COC(=O)CCNC(=O)[C@@H]1O[P@@](=O)(OC2CCCCC2C(=O)OC)OCC1(C)C. The Morgan fingerprint density at radius 1 is 1.14 bits per heavy atom. The number of rotatable bonds is 7. The Kier molecular flexibility index (Phi) is 8.22. The van der Waals surface area contributed by atoms with Gasteiger partial charge in [0.2, 0.25) is 5.91 Å². The van der Waals surface area contributed by atoms with Crippen molar-refractivity contribution in [1.82, 2.24) is 5.32 Å². The first-order valence-electron chi connectivity index (χ1n) is 9.65. The molecule has 0 aromatic carbocycles. The summed E-state index contributed by atoms with van der Waals surface area (Å²) in [6.45, 7) is 3.49. The van der Waals surface area contributed by atoms with E-state index in [9.17, 15) is 18.9 Å². The molecule has 0 spiro atoms. The maximum atomic E-state index is 13.1. The van der Waals surface area contributed by atoms with Crippen molar-refractivity contribution in [3.8, 4) is 0 Å². The Bertz CT molecular complexity index is 666. The van der Waals surface area contributed by atoms with Gasteiger partial charge in [-0.15, -0.1) is 0 Å². The van der Waals surface area contributed by atoms with Crippen molar-refractivity contribution >= 4 is 25.7 Å². The zero-order chi connectivity index (χ0) is 21.7. The number of phosphoric acid groups is 1. The highest BCUT2D eigenvalue weighted by atomic mass is 31.2. The molecule has 29 heavy (non-hydrogen) atoms. The average Bonchev–Trinajstić information content (AvgIpc) is 2.69. The summed E-state index contributed by atoms with van der Waals surface area (Å²) in [7, 11) is -1.52. The standard InChI is InChI=1S/C18H30NO9P/c1-18(2)11-26-29(23,27-13-8-6-5-7-12(13)17(22)25-4)28-15(18)16(21)19-10-9-14(20)24-3/h12-13,15H,5-11H2,1-4H3,(H,19,21)/t12?,13?,15-,29+/m0/s1. The number of methoxy groups -OCH3 is 2. The van der Waals surface area contributed by atoms with Crippen molar-refractivity contribution in [3.05, 3.63) is 0 Å². The lowest BCUT2D eigenvalue weighted by Crippen LogP contribution is -2.50. The quantitative estimate of drug-likeness (QED) is 0.472. The molecule has 1 heterocycles. The molecule has 0 bridgehead atoms. The van der Waals surface area contributed by atoms with Crippen molar-refractivity contribution < 1.29 is 42.0 Å². The van der Waals surface area contributed by atoms with Gasteiger partial charge in [-0.2, -0.15) is 0 Å². The molecule has 0 aromatic heterocycles. The number of amides is 1. The average molecular weight is 435 g/mol. The fraction of sp³-hybridized carbons (Fsp3) is 0.833. The van der Waals surface area contributed by atoms with Gasteiger partial charge in [-0.05, 0) is 12.8 Å². The van der Waals surface area contributed by atoms with Gasteiger partial charge >= 0.3 is 19.8 Å². The molecule has 2 aliphatic rings. The molecule has 0 radical (unpaired) electrons. The van der Waals surface area contributed by atoms with E-state index in [4.69, 9.17) is 18.3 Å². The molecule has 2 fully saturated rings. The molecule has 2 unspecified atom stereocenters. The Morgan fingerprint density at radius 2 is 1.83 bits per heavy atom. The van der Waals surface area contributed by atoms with E-state index < -0.39 is 49.2 Å². The first kappa shape index (κ1) is 23.8. The zero-order valence-electron chi connectivity index (χ0n) is 17.3. The Labute approximate surface area is 170 Å². The summed E-state index contributed by atoms with van der Waals surface area (Å²) in [4.78, 5) is 35.8. The minimum absolute atomic E-state index is 0.00291. The molecule has 1 aliphatic carbocycles. The predicted molar refractivity (Wildman–Crippen MR) is 101 cm³/mol. The van der Waals surface area contributed by atoms with Gasteiger partial charge in [0.15, 0.2) is 6.10 Å². The number of hydrogen-bond donors (Lipinski definition) is 1. The van der Waals surface area contributed by atoms with Crippen LogP contribution in [0, 0.1) is 11.3 Å². The van der Waals surface area contributed by atoms with Gasteiger partial charge in [-0.3, -0.25) is 28.0 Å². The monoisotopic (exact) mass is 435 g/mol. The van der Waals surface area contributed by atoms with E-state index in [1.807, 2.05) is 0 Å². The summed E-state index contributed by atoms with van der Waals surface area (Å²) < 4.78 is 39.0. The van der Waals surface area contributed by atoms with E-state index in [1.165, 1.54) is 14.2 Å². The lowest BCUT2D eigenvalue weighted by Gasteiger charge is -2.41. The van der Waals surface area contributed by atoms with Gasteiger partial charge in [-0.25, -0.2) is 4.57 Å². The molecular weight excluding hydrogens is 405 g/mol. The number of phosphoric ester groups is 1. The number of carbonyl (C=O) groups is 3. The van der Waals surface area contributed by atoms with Crippen LogP contribution in [0.2, 0.25) is 0 Å². The molecule has 1 N–H and O–H groups in total. The summed E-state index contributed by atoms with van der Waals surface area (Å²) in [6.07, 6.45) is 0.926. The normalized spacial score (nSPS) is 31.5. The number of hydrogen-bond acceptors (Lipinski definition) is 9. The van der Waals surface area contributed by atoms with Crippen LogP contribution in [0.15, 0.2) is 0 Å². The van der Waals surface area contributed by atoms with Crippen molar-refractivity contribution in [1.29, 1.82) is 0 Å². The van der Waals surface area contributed by atoms with E-state index in [1.54, 1.807) is 13.8 Å². The molecule has 4 atom stereocenters. The first-order valence-corrected chi connectivity index (χ1v) is 11.1. The van der Waals surface area contributed by atoms with Crippen LogP contribution in [0.3, 0.4) is 0 Å². The third-order valence-corrected chi connectivity index (χ3v) is 6.55. The van der Waals surface area contributed by atoms with Gasteiger partial charge in [0.25, 0.3) is 0 Å². The minimum atomic E-state index is -4.08. The predicted octanol–water partition coefficient (Wildman–Crippen LogP) is 1.96. The number of carbonyl (C=O) groups excluding carboxylic acids is 3. The first-order chi connectivity index (χ1) is 13.6. The van der Waals surface area contributed by atoms with Crippen LogP contribution < -0.4 is 5.32 Å².